The standard InChI is InChI=1S/C12H16ClFN2O2S.ClH/c13-8-5-9(14)7-12(6-8)19(17,18)16-11-3-1-10(15)2-4-11;/h5-7,10-11,16H,1-4,15H2;1H. The molecule has 0 unspecified atom stereocenters. The largest absolute Gasteiger partial charge is 0.328 e. The third-order valence-corrected chi connectivity index (χ3v) is 4.96. The Balaban J connectivity index is 0.00000200. The van der Waals surface area contributed by atoms with Gasteiger partial charge in [0.25, 0.3) is 0 Å². The molecule has 0 spiro atoms. The van der Waals surface area contributed by atoms with Gasteiger partial charge in [0, 0.05) is 17.1 Å². The Kier molecular flexibility index (Phi) is 6.22. The molecule has 1 fully saturated rings. The number of sulfonamides is 1. The fourth-order valence-corrected chi connectivity index (χ4v) is 3.86. The van der Waals surface area contributed by atoms with E-state index in [1.807, 2.05) is 0 Å². The van der Waals surface area contributed by atoms with Crippen LogP contribution in [-0.2, 0) is 10.0 Å². The van der Waals surface area contributed by atoms with Crippen LogP contribution < -0.4 is 10.5 Å². The number of nitrogens with one attached hydrogen (secondary N) is 1. The second-order valence-electron chi connectivity index (χ2n) is 4.84. The zero-order valence-electron chi connectivity index (χ0n) is 10.7. The van der Waals surface area contributed by atoms with Gasteiger partial charge in [-0.25, -0.2) is 17.5 Å². The molecule has 20 heavy (non-hydrogen) atoms. The first-order chi connectivity index (χ1) is 8.87. The van der Waals surface area contributed by atoms with Gasteiger partial charge in [0.05, 0.1) is 4.90 Å². The van der Waals surface area contributed by atoms with Crippen molar-refractivity contribution >= 4 is 34.0 Å². The van der Waals surface area contributed by atoms with Crippen LogP contribution in [0.25, 0.3) is 0 Å². The van der Waals surface area contributed by atoms with Gasteiger partial charge in [-0.15, -0.1) is 12.4 Å². The van der Waals surface area contributed by atoms with Gasteiger partial charge in [-0.1, -0.05) is 11.6 Å². The topological polar surface area (TPSA) is 72.2 Å². The molecule has 0 atom stereocenters. The van der Waals surface area contributed by atoms with Gasteiger partial charge in [0.15, 0.2) is 0 Å². The first-order valence-electron chi connectivity index (χ1n) is 6.11. The lowest BCUT2D eigenvalue weighted by Gasteiger charge is -2.26. The van der Waals surface area contributed by atoms with Gasteiger partial charge in [-0.2, -0.15) is 0 Å². The summed E-state index contributed by atoms with van der Waals surface area (Å²) in [4.78, 5) is -0.146. The first kappa shape index (κ1) is 17.7. The van der Waals surface area contributed by atoms with Gasteiger partial charge in [-0.3, -0.25) is 0 Å². The van der Waals surface area contributed by atoms with Crippen LogP contribution in [0, 0.1) is 5.82 Å². The second-order valence-corrected chi connectivity index (χ2v) is 6.99. The van der Waals surface area contributed by atoms with Crippen LogP contribution in [0.5, 0.6) is 0 Å². The van der Waals surface area contributed by atoms with Gasteiger partial charge >= 0.3 is 0 Å². The van der Waals surface area contributed by atoms with Crippen molar-refractivity contribution in [1.82, 2.24) is 4.72 Å². The number of nitrogens with two attached hydrogens (primary N) is 1. The van der Waals surface area contributed by atoms with Gasteiger partial charge in [0.2, 0.25) is 10.0 Å². The molecule has 0 bridgehead atoms. The Hall–Kier alpha value is -0.400. The fourth-order valence-electron chi connectivity index (χ4n) is 2.21. The number of halogens is 3. The number of rotatable bonds is 3. The van der Waals surface area contributed by atoms with Crippen LogP contribution in [-0.4, -0.2) is 20.5 Å². The minimum absolute atomic E-state index is 0. The smallest absolute Gasteiger partial charge is 0.240 e. The maximum absolute atomic E-state index is 13.2. The molecule has 2 rings (SSSR count). The molecule has 0 aliphatic heterocycles. The van der Waals surface area contributed by atoms with E-state index in [0.717, 1.165) is 25.0 Å². The Morgan fingerprint density at radius 1 is 1.20 bits per heavy atom. The zero-order chi connectivity index (χ0) is 14.0. The third kappa shape index (κ3) is 4.56. The van der Waals surface area contributed by atoms with Gasteiger partial charge in [0.1, 0.15) is 5.82 Å². The van der Waals surface area contributed by atoms with E-state index >= 15 is 0 Å². The molecule has 0 aromatic heterocycles. The van der Waals surface area contributed by atoms with E-state index < -0.39 is 15.8 Å². The molecule has 114 valence electrons. The lowest BCUT2D eigenvalue weighted by Crippen LogP contribution is -2.40. The summed E-state index contributed by atoms with van der Waals surface area (Å²) in [6.45, 7) is 0. The maximum atomic E-state index is 13.2. The predicted octanol–water partition coefficient (Wildman–Crippen LogP) is 2.45. The summed E-state index contributed by atoms with van der Waals surface area (Å²) in [5, 5.41) is 0.0611. The van der Waals surface area contributed by atoms with E-state index in [1.54, 1.807) is 0 Å². The van der Waals surface area contributed by atoms with Crippen LogP contribution in [0.2, 0.25) is 5.02 Å². The third-order valence-electron chi connectivity index (χ3n) is 3.24. The first-order valence-corrected chi connectivity index (χ1v) is 7.97. The van der Waals surface area contributed by atoms with Crippen molar-refractivity contribution in [3.05, 3.63) is 29.0 Å². The molecule has 0 saturated heterocycles. The van der Waals surface area contributed by atoms with Crippen LogP contribution in [0.1, 0.15) is 25.7 Å². The monoisotopic (exact) mass is 342 g/mol. The summed E-state index contributed by atoms with van der Waals surface area (Å²) in [5.74, 6) is -0.668. The fraction of sp³-hybridized carbons (Fsp3) is 0.500. The molecular weight excluding hydrogens is 326 g/mol. The van der Waals surface area contributed by atoms with E-state index in [9.17, 15) is 12.8 Å². The van der Waals surface area contributed by atoms with E-state index in [1.165, 1.54) is 6.07 Å². The molecule has 1 aromatic carbocycles. The predicted molar refractivity (Wildman–Crippen MR) is 79.2 cm³/mol. The number of benzene rings is 1. The quantitative estimate of drug-likeness (QED) is 0.886. The Morgan fingerprint density at radius 2 is 1.80 bits per heavy atom. The average Bonchev–Trinajstić information content (AvgIpc) is 2.31. The molecule has 8 heteroatoms. The molecule has 1 aromatic rings. The summed E-state index contributed by atoms with van der Waals surface area (Å²) in [5.41, 5.74) is 5.77. The van der Waals surface area contributed by atoms with E-state index in [0.29, 0.717) is 12.8 Å². The SMILES string of the molecule is Cl.NC1CCC(NS(=O)(=O)c2cc(F)cc(Cl)c2)CC1. The van der Waals surface area contributed by atoms with Gasteiger partial charge in [-0.05, 0) is 43.9 Å². The van der Waals surface area contributed by atoms with E-state index in [4.69, 9.17) is 17.3 Å². The molecule has 3 N–H and O–H groups in total. The maximum Gasteiger partial charge on any atom is 0.240 e. The molecule has 0 amide bonds. The van der Waals surface area contributed by atoms with Crippen molar-refractivity contribution in [2.45, 2.75) is 42.7 Å². The summed E-state index contributed by atoms with van der Waals surface area (Å²) >= 11 is 5.67. The Labute approximate surface area is 129 Å². The van der Waals surface area contributed by atoms with Crippen LogP contribution >= 0.6 is 24.0 Å². The highest BCUT2D eigenvalue weighted by atomic mass is 35.5. The highest BCUT2D eigenvalue weighted by Gasteiger charge is 2.24. The Bertz CT molecular complexity index is 540. The highest BCUT2D eigenvalue weighted by Crippen LogP contribution is 2.22. The lowest BCUT2D eigenvalue weighted by molar-refractivity contribution is 0.373. The number of hydrogen-bond donors (Lipinski definition) is 2. The zero-order valence-corrected chi connectivity index (χ0v) is 13.1. The van der Waals surface area contributed by atoms with Crippen molar-refractivity contribution in [2.75, 3.05) is 0 Å². The second kappa shape index (κ2) is 7.04. The van der Waals surface area contributed by atoms with Crippen molar-refractivity contribution in [2.24, 2.45) is 5.73 Å². The molecule has 0 heterocycles. The van der Waals surface area contributed by atoms with Crippen molar-refractivity contribution in [3.8, 4) is 0 Å². The summed E-state index contributed by atoms with van der Waals surface area (Å²) < 4.78 is 40.0. The molecule has 4 nitrogen and oxygen atoms in total. The van der Waals surface area contributed by atoms with Gasteiger partial charge < -0.3 is 5.73 Å². The minimum Gasteiger partial charge on any atom is -0.328 e. The van der Waals surface area contributed by atoms with Crippen molar-refractivity contribution < 1.29 is 12.8 Å². The lowest BCUT2D eigenvalue weighted by atomic mass is 9.93. The average molecular weight is 343 g/mol. The van der Waals surface area contributed by atoms with Crippen LogP contribution in [0.15, 0.2) is 23.1 Å². The summed E-state index contributed by atoms with van der Waals surface area (Å²) in [7, 11) is -3.74. The van der Waals surface area contributed by atoms with E-state index in [-0.39, 0.29) is 34.4 Å². The van der Waals surface area contributed by atoms with Crippen LogP contribution in [0.3, 0.4) is 0 Å². The van der Waals surface area contributed by atoms with Crippen molar-refractivity contribution in [3.63, 3.8) is 0 Å². The number of hydrogen-bond acceptors (Lipinski definition) is 3. The van der Waals surface area contributed by atoms with Crippen molar-refractivity contribution in [1.29, 1.82) is 0 Å². The van der Waals surface area contributed by atoms with Crippen LogP contribution in [0.4, 0.5) is 4.39 Å². The molecular formula is C12H17Cl2FN2O2S. The minimum atomic E-state index is -3.74. The highest BCUT2D eigenvalue weighted by molar-refractivity contribution is 7.89. The molecule has 1 aliphatic carbocycles. The molecule has 1 saturated carbocycles. The Morgan fingerprint density at radius 3 is 2.35 bits per heavy atom. The van der Waals surface area contributed by atoms with E-state index in [2.05, 4.69) is 4.72 Å². The summed E-state index contributed by atoms with van der Waals surface area (Å²) in [6.07, 6.45) is 2.97. The molecule has 1 aliphatic rings. The molecule has 0 radical (unpaired) electrons. The normalized spacial score (nSPS) is 23.1. The summed E-state index contributed by atoms with van der Waals surface area (Å²) in [6, 6.07) is 3.26.